The second kappa shape index (κ2) is 41.1. The molecule has 25 rings (SSSR count). The van der Waals surface area contributed by atoms with Crippen LogP contribution in [0.5, 0.6) is 17.2 Å². The van der Waals surface area contributed by atoms with Gasteiger partial charge < -0.3 is 70.2 Å². The number of hydrogen-bond donors (Lipinski definition) is 6. The molecular weight excluding hydrogens is 1870 g/mol. The van der Waals surface area contributed by atoms with Crippen LogP contribution in [-0.4, -0.2) is 247 Å². The number of carbonyl (C=O) groups excluding carboxylic acids is 9. The number of phenolic OH excluding ortho intramolecular Hbond substituents is 3. The zero-order chi connectivity index (χ0) is 103. The van der Waals surface area contributed by atoms with E-state index in [0.29, 0.717) is 126 Å². The molecule has 0 aliphatic carbocycles. The van der Waals surface area contributed by atoms with E-state index >= 15 is 0 Å². The van der Waals surface area contributed by atoms with E-state index in [-0.39, 0.29) is 94.5 Å². The Hall–Kier alpha value is -17.7. The molecule has 0 unspecified atom stereocenters. The largest absolute Gasteiger partial charge is 0.508 e. The number of amides is 8. The van der Waals surface area contributed by atoms with Crippen LogP contribution in [0.25, 0.3) is 87.4 Å². The first kappa shape index (κ1) is 97.4. The number of hydrazine groups is 1. The summed E-state index contributed by atoms with van der Waals surface area (Å²) in [4.78, 5) is 136. The highest BCUT2D eigenvalue weighted by Gasteiger charge is 2.46. The standard InChI is InChI=1S/C26H27N3O2.C26H24N2O3.C24H20N2O2.C23H20N4O3.C21H20N6O2/c1-3-26(31)28-12-10-21(11-13-28)29-25-9-8-19(14-20(25)17-27(29)2)24-16-22(30)15-18-6-4-5-7-23(18)24;1-2-26(31)28-15-20(16-28)27-10-9-25(30)24-12-18(7-8-19(24)14-27)23-13-21(29)11-17-5-3-4-6-22(17)23;1-2-23(27)25-14-19(15-25)26-13-18-11-10-17(12-22(18)24(26)28)21-9-5-7-16-6-3-4-8-20(16)21;1-2-21(29)26-12-16(13-26)27-11-15-9-24-10-20(22(15)23(27)30)25-19-8-17(28)7-14-5-3-4-6-18(14)19;1-3-18(28)26-10-14(11-26)27-9-13-6-22-8-17(19(13)21(27)29)24-20-12(2)4-5-16-15(20)7-23-25-16/h3-9,14-16,21,30H,1,10-13,17H2,2H3;2-8,11-13,20,29H,1,9-10,14-16H2;2-12,19H,1,13-15H2;2-10,16,25,28H,1,11-13H2;3-8,14,24H,1,9-11H2,2H3,(H,23,25). The minimum Gasteiger partial charge on any atom is -0.508 e. The molecule has 0 radical (unpaired) electrons. The minimum absolute atomic E-state index is 0.0109. The van der Waals surface area contributed by atoms with Crippen LogP contribution >= 0.6 is 0 Å². The predicted octanol–water partition coefficient (Wildman–Crippen LogP) is 17.8. The monoisotopic (exact) mass is 1980 g/mol. The Morgan fingerprint density at radius 1 is 0.369 bits per heavy atom. The molecule has 3 aromatic heterocycles. The summed E-state index contributed by atoms with van der Waals surface area (Å²) in [6.07, 6.45) is 17.6. The molecule has 149 heavy (non-hydrogen) atoms. The van der Waals surface area contributed by atoms with Gasteiger partial charge in [-0.25, -0.2) is 5.01 Å². The Morgan fingerprint density at radius 3 is 1.36 bits per heavy atom. The van der Waals surface area contributed by atoms with Crippen molar-refractivity contribution in [2.75, 3.05) is 94.7 Å². The summed E-state index contributed by atoms with van der Waals surface area (Å²) < 4.78 is 0. The molecule has 10 aliphatic heterocycles. The summed E-state index contributed by atoms with van der Waals surface area (Å²) in [5.41, 5.74) is 20.2. The third-order valence-electron chi connectivity index (χ3n) is 30.3. The molecule has 0 atom stereocenters. The molecule has 0 saturated carbocycles. The normalized spacial score (nSPS) is 16.5. The Kier molecular flexibility index (Phi) is 26.8. The Bertz CT molecular complexity index is 8020. The lowest BCUT2D eigenvalue weighted by Gasteiger charge is -2.44. The zero-order valence-electron chi connectivity index (χ0n) is 82.7. The number of aryl methyl sites for hydroxylation is 1. The lowest BCUT2D eigenvalue weighted by Crippen LogP contribution is -2.60. The molecule has 5 saturated heterocycles. The topological polar surface area (TPSA) is 328 Å². The number of fused-ring (bicyclic) bond motifs is 10. The van der Waals surface area contributed by atoms with Crippen molar-refractivity contribution in [2.24, 2.45) is 0 Å². The lowest BCUT2D eigenvalue weighted by atomic mass is 9.93. The molecule has 8 amide bonds. The molecular formula is C120H111N17O12. The number of ketones is 1. The summed E-state index contributed by atoms with van der Waals surface area (Å²) in [5, 5.41) is 58.4. The van der Waals surface area contributed by atoms with Crippen molar-refractivity contribution in [2.45, 2.75) is 89.1 Å². The fourth-order valence-electron chi connectivity index (χ4n) is 22.2. The number of rotatable bonds is 17. The zero-order valence-corrected chi connectivity index (χ0v) is 82.7. The summed E-state index contributed by atoms with van der Waals surface area (Å²) in [7, 11) is 2.13. The van der Waals surface area contributed by atoms with Gasteiger partial charge in [-0.05, 0) is 204 Å². The van der Waals surface area contributed by atoms with Gasteiger partial charge in [0, 0.05) is 182 Å². The number of likely N-dealkylation sites (tertiary alicyclic amines) is 5. The number of phenols is 3. The van der Waals surface area contributed by atoms with Crippen molar-refractivity contribution in [1.29, 1.82) is 0 Å². The van der Waals surface area contributed by atoms with Gasteiger partial charge in [-0.3, -0.25) is 63.1 Å². The Labute approximate surface area is 860 Å². The quantitative estimate of drug-likeness (QED) is 0.0461. The number of anilines is 5. The summed E-state index contributed by atoms with van der Waals surface area (Å²) in [6, 6.07) is 72.5. The van der Waals surface area contributed by atoms with Crippen molar-refractivity contribution in [3.63, 3.8) is 0 Å². The van der Waals surface area contributed by atoms with Gasteiger partial charge >= 0.3 is 0 Å². The molecule has 15 aromatic rings. The Balaban J connectivity index is 0.000000109. The first-order chi connectivity index (χ1) is 72.3. The van der Waals surface area contributed by atoms with Crippen molar-refractivity contribution < 1.29 is 58.5 Å². The van der Waals surface area contributed by atoms with E-state index in [1.807, 2.05) is 149 Å². The number of aromatic hydroxyl groups is 3. The molecule has 29 nitrogen and oxygen atoms in total. The van der Waals surface area contributed by atoms with Crippen molar-refractivity contribution in [3.8, 4) is 50.6 Å². The fourth-order valence-corrected chi connectivity index (χ4v) is 22.2. The first-order valence-electron chi connectivity index (χ1n) is 50.1. The van der Waals surface area contributed by atoms with Crippen LogP contribution in [-0.2, 0) is 56.7 Å². The molecule has 748 valence electrons. The van der Waals surface area contributed by atoms with Crippen molar-refractivity contribution in [3.05, 3.63) is 368 Å². The highest BCUT2D eigenvalue weighted by Crippen LogP contribution is 2.45. The SMILES string of the molecule is C=CC(=O)N1CC(N2CCC(=O)c3cc(-c4cc(O)cc5ccccc45)ccc3C2)C1.C=CC(=O)N1CC(N2Cc3ccc(-c4cccc5ccccc45)cc3C2=O)C1.C=CC(=O)N1CC(N2Cc3cncc(Nc4c(C)ccc5[nH]ncc45)c3C2=O)C1.C=CC(=O)N1CC(N2Cc3cncc(Nc4cc(O)cc5ccccc45)c3C2=O)C1.C=CC(=O)N1CCC(N2c3ccc(-c4cc(O)cc5ccccc45)cc3CN2C)CC1. The van der Waals surface area contributed by atoms with E-state index in [9.17, 15) is 58.5 Å². The number of nitrogens with zero attached hydrogens (tertiary/aromatic N) is 14. The highest BCUT2D eigenvalue weighted by atomic mass is 16.3. The summed E-state index contributed by atoms with van der Waals surface area (Å²) in [5.74, 6) is 0.446. The van der Waals surface area contributed by atoms with Gasteiger partial charge in [0.05, 0.1) is 81.8 Å². The number of piperidine rings is 1. The number of pyridine rings is 2. The smallest absolute Gasteiger partial charge is 0.257 e. The third-order valence-corrected chi connectivity index (χ3v) is 30.3. The molecule has 5 fully saturated rings. The fraction of sp³-hybridized carbons (Fsp3) is 0.217. The van der Waals surface area contributed by atoms with E-state index in [4.69, 9.17) is 0 Å². The summed E-state index contributed by atoms with van der Waals surface area (Å²) >= 11 is 0. The maximum absolute atomic E-state index is 13.2. The number of aromatic amines is 1. The molecule has 0 bridgehead atoms. The van der Waals surface area contributed by atoms with Crippen LogP contribution < -0.4 is 15.6 Å². The van der Waals surface area contributed by atoms with Gasteiger partial charge in [-0.1, -0.05) is 185 Å². The van der Waals surface area contributed by atoms with Gasteiger partial charge in [0.1, 0.15) is 17.2 Å². The van der Waals surface area contributed by atoms with Crippen LogP contribution in [0.3, 0.4) is 0 Å². The average Bonchev–Trinajstić information content (AvgIpc) is 1.66. The van der Waals surface area contributed by atoms with E-state index in [1.165, 1.54) is 52.4 Å². The van der Waals surface area contributed by atoms with E-state index in [0.717, 1.165) is 154 Å². The third kappa shape index (κ3) is 19.1. The number of H-pyrrole nitrogens is 1. The van der Waals surface area contributed by atoms with Crippen LogP contribution in [0, 0.1) is 6.92 Å². The molecule has 10 aliphatic rings. The molecule has 6 N–H and O–H groups in total. The van der Waals surface area contributed by atoms with Crippen LogP contribution in [0.2, 0.25) is 0 Å². The predicted molar refractivity (Wildman–Crippen MR) is 578 cm³/mol. The highest BCUT2D eigenvalue weighted by molar-refractivity contribution is 6.10. The lowest BCUT2D eigenvalue weighted by molar-refractivity contribution is -0.133. The molecule has 12 aromatic carbocycles. The molecule has 29 heteroatoms. The number of Topliss-reactive ketones (excluding diaryl/α,β-unsaturated/α-hetero) is 1. The van der Waals surface area contributed by atoms with E-state index in [2.05, 4.69) is 152 Å². The first-order valence-corrected chi connectivity index (χ1v) is 50.1. The van der Waals surface area contributed by atoms with Gasteiger partial charge in [-0.2, -0.15) is 5.10 Å². The van der Waals surface area contributed by atoms with Crippen LogP contribution in [0.4, 0.5) is 28.4 Å². The van der Waals surface area contributed by atoms with Gasteiger partial charge in [-0.15, -0.1) is 0 Å². The number of aromatic nitrogens is 4. The maximum Gasteiger partial charge on any atom is 0.257 e. The van der Waals surface area contributed by atoms with Crippen LogP contribution in [0.15, 0.2) is 313 Å². The van der Waals surface area contributed by atoms with Crippen molar-refractivity contribution >= 4 is 135 Å². The minimum atomic E-state index is -0.116. The second-order valence-electron chi connectivity index (χ2n) is 39.3. The average molecular weight is 1980 g/mol. The van der Waals surface area contributed by atoms with Gasteiger partial charge in [0.25, 0.3) is 17.7 Å². The van der Waals surface area contributed by atoms with E-state index < -0.39 is 0 Å². The number of hydrogen-bond acceptors (Lipinski definition) is 20. The number of carbonyl (C=O) groups is 9. The summed E-state index contributed by atoms with van der Waals surface area (Å²) in [6.45, 7) is 29.7. The number of benzene rings is 12. The van der Waals surface area contributed by atoms with Crippen molar-refractivity contribution in [1.82, 2.24) is 69.3 Å². The van der Waals surface area contributed by atoms with E-state index in [1.54, 1.807) is 79.7 Å². The number of nitrogens with one attached hydrogen (secondary N) is 3. The second-order valence-corrected chi connectivity index (χ2v) is 39.3. The molecule has 13 heterocycles. The maximum atomic E-state index is 13.2. The Morgan fingerprint density at radius 2 is 0.812 bits per heavy atom. The van der Waals surface area contributed by atoms with Gasteiger partial charge in [0.15, 0.2) is 5.78 Å². The molecule has 0 spiro atoms. The van der Waals surface area contributed by atoms with Crippen LogP contribution in [0.1, 0.15) is 94.1 Å². The van der Waals surface area contributed by atoms with Gasteiger partial charge in [0.2, 0.25) is 29.5 Å².